The molecule has 1 saturated heterocycles. The maximum Gasteiger partial charge on any atom is 0.337 e. The van der Waals surface area contributed by atoms with Crippen LogP contribution in [-0.2, 0) is 19.6 Å². The number of sulfonamides is 1. The molecule has 1 fully saturated rings. The van der Waals surface area contributed by atoms with Gasteiger partial charge in [-0.1, -0.05) is 6.07 Å². The first kappa shape index (κ1) is 14.8. The Kier molecular flexibility index (Phi) is 3.94. The van der Waals surface area contributed by atoms with Crippen LogP contribution in [0.5, 0.6) is 0 Å². The molecule has 0 radical (unpaired) electrons. The minimum absolute atomic E-state index is 0.0872. The van der Waals surface area contributed by atoms with E-state index in [0.29, 0.717) is 0 Å². The third kappa shape index (κ3) is 2.29. The van der Waals surface area contributed by atoms with Crippen LogP contribution in [0.25, 0.3) is 0 Å². The quantitative estimate of drug-likeness (QED) is 0.824. The minimum atomic E-state index is -3.93. The molecule has 0 saturated carbocycles. The van der Waals surface area contributed by atoms with Crippen LogP contribution in [0.15, 0.2) is 21.7 Å². The van der Waals surface area contributed by atoms with Crippen molar-refractivity contribution in [2.24, 2.45) is 0 Å². The first-order valence-electron chi connectivity index (χ1n) is 5.32. The van der Waals surface area contributed by atoms with Gasteiger partial charge in [0, 0.05) is 5.75 Å². The summed E-state index contributed by atoms with van der Waals surface area (Å²) in [4.78, 5) is 10.4. The summed E-state index contributed by atoms with van der Waals surface area (Å²) in [5.74, 6) is -0.579. The molecule has 1 aliphatic heterocycles. The van der Waals surface area contributed by atoms with Crippen molar-refractivity contribution in [3.05, 3.63) is 17.5 Å². The molecule has 2 heterocycles. The van der Waals surface area contributed by atoms with Crippen LogP contribution < -0.4 is 0 Å². The summed E-state index contributed by atoms with van der Waals surface area (Å²) < 4.78 is 30.6. The van der Waals surface area contributed by atoms with Crippen LogP contribution in [0.2, 0.25) is 0 Å². The van der Waals surface area contributed by atoms with E-state index in [9.17, 15) is 18.3 Å². The van der Waals surface area contributed by atoms with E-state index in [4.69, 9.17) is 0 Å². The molecule has 6 nitrogen and oxygen atoms in total. The Bertz CT molecular complexity index is 570. The lowest BCUT2D eigenvalue weighted by Gasteiger charge is -2.31. The number of aliphatic hydroxyl groups excluding tert-OH is 1. The maximum absolute atomic E-state index is 12.5. The van der Waals surface area contributed by atoms with Gasteiger partial charge in [-0.2, -0.15) is 0 Å². The Balaban J connectivity index is 2.49. The summed E-state index contributed by atoms with van der Waals surface area (Å²) in [5, 5.41) is 11.5. The normalized spacial score (nSPS) is 28.5. The SMILES string of the molecule is COC(=O)C1(C)SCC(O)N1S(=O)(=O)c1cccs1. The van der Waals surface area contributed by atoms with Gasteiger partial charge in [0.25, 0.3) is 10.0 Å². The molecule has 2 rings (SSSR count). The van der Waals surface area contributed by atoms with Crippen molar-refractivity contribution in [2.45, 2.75) is 22.2 Å². The van der Waals surface area contributed by atoms with Gasteiger partial charge < -0.3 is 9.84 Å². The number of aliphatic hydroxyl groups is 1. The number of hydrogen-bond donors (Lipinski definition) is 1. The first-order chi connectivity index (χ1) is 8.84. The lowest BCUT2D eigenvalue weighted by Crippen LogP contribution is -2.52. The largest absolute Gasteiger partial charge is 0.467 e. The van der Waals surface area contributed by atoms with Gasteiger partial charge in [-0.25, -0.2) is 13.2 Å². The average Bonchev–Trinajstić information content (AvgIpc) is 2.97. The summed E-state index contributed by atoms with van der Waals surface area (Å²) in [5.41, 5.74) is 0. The first-order valence-corrected chi connectivity index (χ1v) is 8.63. The minimum Gasteiger partial charge on any atom is -0.467 e. The average molecular weight is 323 g/mol. The van der Waals surface area contributed by atoms with Crippen molar-refractivity contribution < 1.29 is 23.1 Å². The molecule has 2 atom stereocenters. The maximum atomic E-state index is 12.5. The second kappa shape index (κ2) is 5.06. The van der Waals surface area contributed by atoms with Gasteiger partial charge in [0.2, 0.25) is 0 Å². The van der Waals surface area contributed by atoms with Crippen molar-refractivity contribution in [3.8, 4) is 0 Å². The van der Waals surface area contributed by atoms with Crippen molar-refractivity contribution in [3.63, 3.8) is 0 Å². The fourth-order valence-corrected chi connectivity index (χ4v) is 6.22. The van der Waals surface area contributed by atoms with Crippen molar-refractivity contribution in [2.75, 3.05) is 12.9 Å². The predicted octanol–water partition coefficient (Wildman–Crippen LogP) is 0.693. The van der Waals surface area contributed by atoms with Crippen molar-refractivity contribution in [1.82, 2.24) is 4.31 Å². The molecule has 1 aliphatic rings. The summed E-state index contributed by atoms with van der Waals surface area (Å²) in [6.45, 7) is 1.44. The van der Waals surface area contributed by atoms with Gasteiger partial charge >= 0.3 is 5.97 Å². The van der Waals surface area contributed by atoms with Gasteiger partial charge in [0.1, 0.15) is 10.4 Å². The molecule has 106 valence electrons. The third-order valence-electron chi connectivity index (χ3n) is 2.78. The fourth-order valence-electron chi connectivity index (χ4n) is 1.89. The van der Waals surface area contributed by atoms with Crippen LogP contribution in [0, 0.1) is 0 Å². The number of hydrogen-bond acceptors (Lipinski definition) is 7. The van der Waals surface area contributed by atoms with Crippen LogP contribution in [-0.4, -0.2) is 47.8 Å². The number of carbonyl (C=O) groups is 1. The number of ether oxygens (including phenoxy) is 1. The standard InChI is InChI=1S/C10H13NO5S3/c1-10(9(13)16-2)11(7(12)6-18-10)19(14,15)8-4-3-5-17-8/h3-5,7,12H,6H2,1-2H3. The van der Waals surface area contributed by atoms with E-state index in [-0.39, 0.29) is 9.96 Å². The molecule has 1 aromatic rings. The van der Waals surface area contributed by atoms with Crippen LogP contribution >= 0.6 is 23.1 Å². The molecular weight excluding hydrogens is 310 g/mol. The highest BCUT2D eigenvalue weighted by atomic mass is 32.2. The van der Waals surface area contributed by atoms with E-state index in [1.807, 2.05) is 0 Å². The summed E-state index contributed by atoms with van der Waals surface area (Å²) in [6, 6.07) is 3.04. The molecule has 0 aliphatic carbocycles. The molecule has 1 aromatic heterocycles. The number of rotatable bonds is 3. The van der Waals surface area contributed by atoms with Crippen molar-refractivity contribution >= 4 is 39.1 Å². The zero-order valence-electron chi connectivity index (χ0n) is 10.3. The lowest BCUT2D eigenvalue weighted by atomic mass is 10.3. The highest BCUT2D eigenvalue weighted by Crippen LogP contribution is 2.43. The molecule has 9 heteroatoms. The van der Waals surface area contributed by atoms with E-state index < -0.39 is 27.1 Å². The van der Waals surface area contributed by atoms with Gasteiger partial charge in [0.15, 0.2) is 4.87 Å². The monoisotopic (exact) mass is 323 g/mol. The van der Waals surface area contributed by atoms with E-state index in [1.54, 1.807) is 11.4 Å². The Morgan fingerprint density at radius 1 is 1.63 bits per heavy atom. The third-order valence-corrected chi connectivity index (χ3v) is 7.64. The summed E-state index contributed by atoms with van der Waals surface area (Å²) in [7, 11) is -2.74. The van der Waals surface area contributed by atoms with E-state index in [1.165, 1.54) is 20.1 Å². The molecule has 19 heavy (non-hydrogen) atoms. The highest BCUT2D eigenvalue weighted by Gasteiger charge is 2.56. The van der Waals surface area contributed by atoms with E-state index in [2.05, 4.69) is 4.74 Å². The van der Waals surface area contributed by atoms with Gasteiger partial charge in [-0.05, 0) is 18.4 Å². The second-order valence-corrected chi connectivity index (χ2v) is 8.41. The van der Waals surface area contributed by atoms with Crippen LogP contribution in [0.1, 0.15) is 6.92 Å². The Morgan fingerprint density at radius 2 is 2.32 bits per heavy atom. The lowest BCUT2D eigenvalue weighted by molar-refractivity contribution is -0.148. The van der Waals surface area contributed by atoms with E-state index in [0.717, 1.165) is 27.4 Å². The molecule has 1 N–H and O–H groups in total. The summed E-state index contributed by atoms with van der Waals surface area (Å²) in [6.07, 6.45) is -1.25. The highest BCUT2D eigenvalue weighted by molar-refractivity contribution is 8.03. The number of methoxy groups -OCH3 is 1. The van der Waals surface area contributed by atoms with Crippen LogP contribution in [0.3, 0.4) is 0 Å². The smallest absolute Gasteiger partial charge is 0.337 e. The Morgan fingerprint density at radius 3 is 2.84 bits per heavy atom. The molecule has 0 aromatic carbocycles. The van der Waals surface area contributed by atoms with Gasteiger partial charge in [0.05, 0.1) is 7.11 Å². The number of nitrogens with zero attached hydrogens (tertiary/aromatic N) is 1. The second-order valence-electron chi connectivity index (χ2n) is 4.00. The molecular formula is C10H13NO5S3. The summed E-state index contributed by atoms with van der Waals surface area (Å²) >= 11 is 2.08. The van der Waals surface area contributed by atoms with E-state index >= 15 is 0 Å². The van der Waals surface area contributed by atoms with Crippen molar-refractivity contribution in [1.29, 1.82) is 0 Å². The number of thioether (sulfide) groups is 1. The topological polar surface area (TPSA) is 83.9 Å². The molecule has 0 bridgehead atoms. The number of thiophene rings is 1. The Labute approximate surface area is 119 Å². The van der Waals surface area contributed by atoms with Gasteiger partial charge in [-0.3, -0.25) is 0 Å². The van der Waals surface area contributed by atoms with Crippen LogP contribution in [0.4, 0.5) is 0 Å². The molecule has 0 amide bonds. The predicted molar refractivity (Wildman–Crippen MR) is 72.2 cm³/mol. The van der Waals surface area contributed by atoms with Gasteiger partial charge in [-0.15, -0.1) is 27.4 Å². The zero-order valence-corrected chi connectivity index (χ0v) is 12.7. The Hall–Kier alpha value is -0.610. The molecule has 0 spiro atoms. The number of carbonyl (C=O) groups excluding carboxylic acids is 1. The fraction of sp³-hybridized carbons (Fsp3) is 0.500. The zero-order chi connectivity index (χ0) is 14.3. The molecule has 2 unspecified atom stereocenters. The number of esters is 1.